The van der Waals surface area contributed by atoms with E-state index in [0.29, 0.717) is 48.6 Å². The average Bonchev–Trinajstić information content (AvgIpc) is 4.05. The van der Waals surface area contributed by atoms with Crippen LogP contribution in [0.3, 0.4) is 0 Å². The fraction of sp³-hybridized carbons (Fsp3) is 0.609. The first-order chi connectivity index (χ1) is 30.0. The van der Waals surface area contributed by atoms with Gasteiger partial charge < -0.3 is 42.2 Å². The third-order valence-electron chi connectivity index (χ3n) is 11.7. The Hall–Kier alpha value is -5.26. The molecular formula is C46H64N4O13. The Morgan fingerprint density at radius 2 is 1.70 bits per heavy atom. The summed E-state index contributed by atoms with van der Waals surface area (Å²) in [5.74, 6) is -2.28. The van der Waals surface area contributed by atoms with Crippen LogP contribution in [0.15, 0.2) is 50.4 Å². The largest absolute Gasteiger partial charge is 0.462 e. The maximum absolute atomic E-state index is 13.6. The van der Waals surface area contributed by atoms with Crippen LogP contribution in [0.4, 0.5) is 0 Å². The molecule has 17 heteroatoms. The molecule has 0 aromatic carbocycles. The molecule has 63 heavy (non-hydrogen) atoms. The molecule has 6 bridgehead atoms. The number of aliphatic hydroxyl groups is 1. The maximum atomic E-state index is 13.6. The van der Waals surface area contributed by atoms with E-state index in [1.165, 1.54) is 30.6 Å². The summed E-state index contributed by atoms with van der Waals surface area (Å²) >= 11 is 0. The summed E-state index contributed by atoms with van der Waals surface area (Å²) in [5.41, 5.74) is 1.30. The molecule has 1 N–H and O–H groups in total. The van der Waals surface area contributed by atoms with Gasteiger partial charge in [0, 0.05) is 77.8 Å². The number of carbonyl (C=O) groups excluding carboxylic acids is 5. The van der Waals surface area contributed by atoms with Crippen LogP contribution >= 0.6 is 0 Å². The summed E-state index contributed by atoms with van der Waals surface area (Å²) in [6.07, 6.45) is 10.4. The number of fused-ring (bicyclic) bond motifs is 8. The van der Waals surface area contributed by atoms with E-state index in [1.54, 1.807) is 46.5 Å². The van der Waals surface area contributed by atoms with Crippen LogP contribution in [0.1, 0.15) is 117 Å². The molecule has 1 aliphatic rings. The van der Waals surface area contributed by atoms with Gasteiger partial charge in [0.05, 0.1) is 36.3 Å². The number of amides is 1. The third kappa shape index (κ3) is 15.2. The predicted octanol–water partition coefficient (Wildman–Crippen LogP) is 7.14. The van der Waals surface area contributed by atoms with Gasteiger partial charge in [0.25, 0.3) is 0 Å². The highest BCUT2D eigenvalue weighted by molar-refractivity contribution is 5.82. The Kier molecular flexibility index (Phi) is 19.6. The minimum absolute atomic E-state index is 0.0167. The summed E-state index contributed by atoms with van der Waals surface area (Å²) < 4.78 is 40.6. The zero-order chi connectivity index (χ0) is 46.2. The number of hydrogen-bond donors (Lipinski definition) is 1. The Morgan fingerprint density at radius 1 is 1.00 bits per heavy atom. The number of nitrogens with zero attached hydrogens (tertiary/aromatic N) is 4. The lowest BCUT2D eigenvalue weighted by Gasteiger charge is -2.34. The molecule has 0 fully saturated rings. The number of ketones is 2. The highest BCUT2D eigenvalue weighted by Crippen LogP contribution is 2.31. The monoisotopic (exact) mass is 880 g/mol. The lowest BCUT2D eigenvalue weighted by Crippen LogP contribution is -2.39. The van der Waals surface area contributed by atoms with Crippen molar-refractivity contribution < 1.29 is 61.3 Å². The van der Waals surface area contributed by atoms with Crippen molar-refractivity contribution in [1.29, 1.82) is 0 Å². The second kappa shape index (κ2) is 24.5. The highest BCUT2D eigenvalue weighted by atomic mass is 16.6. The fourth-order valence-electron chi connectivity index (χ4n) is 7.64. The quantitative estimate of drug-likeness (QED) is 0.118. The van der Waals surface area contributed by atoms with Gasteiger partial charge in [0.1, 0.15) is 42.6 Å². The van der Waals surface area contributed by atoms with Gasteiger partial charge >= 0.3 is 11.9 Å². The van der Waals surface area contributed by atoms with Crippen LogP contribution in [-0.2, 0) is 42.9 Å². The van der Waals surface area contributed by atoms with Gasteiger partial charge in [-0.3, -0.25) is 24.0 Å². The molecule has 0 spiro atoms. The highest BCUT2D eigenvalue weighted by Gasteiger charge is 2.35. The van der Waals surface area contributed by atoms with Crippen LogP contribution in [0, 0.1) is 23.7 Å². The Balaban J connectivity index is 1.51. The number of methoxy groups -OCH3 is 2. The number of ether oxygens (including phenoxy) is 4. The van der Waals surface area contributed by atoms with Gasteiger partial charge in [-0.15, -0.1) is 0 Å². The molecule has 10 atom stereocenters. The van der Waals surface area contributed by atoms with E-state index in [4.69, 9.17) is 32.2 Å². The Bertz CT molecular complexity index is 2000. The molecule has 0 saturated heterocycles. The van der Waals surface area contributed by atoms with Gasteiger partial charge in [-0.2, -0.15) is 0 Å². The molecule has 0 aliphatic carbocycles. The topological polar surface area (TPSA) is 224 Å². The number of hydrogen-bond acceptors (Lipinski definition) is 16. The van der Waals surface area contributed by atoms with Crippen molar-refractivity contribution in [2.75, 3.05) is 21.3 Å². The van der Waals surface area contributed by atoms with Crippen LogP contribution in [0.5, 0.6) is 0 Å². The zero-order valence-corrected chi connectivity index (χ0v) is 37.9. The minimum atomic E-state index is -1.03. The summed E-state index contributed by atoms with van der Waals surface area (Å²) in [6, 6.07) is 0. The number of oxazole rings is 3. The summed E-state index contributed by atoms with van der Waals surface area (Å²) in [4.78, 5) is 77.9. The van der Waals surface area contributed by atoms with Crippen LogP contribution in [-0.4, -0.2) is 107 Å². The standard InChI is InChI=1S/C46H64N4O13/c1-27(16-17-38(55)30(4)44(62-32(6)52)28(2)18-19-50(7)26-51)40(58-9)22-41-31(5)39(57-8)14-11-15-42-47-36(24-59-42)45-49-37(25-61-45)46-48-35(23-60-46)29(3)20-33(53)12-10-13-34(54)21-43(56)63-41/h11,15,18-19,23-31,34,39-41,44,54H,10,12-14,16-17,20-22H2,1-9H3. The van der Waals surface area contributed by atoms with E-state index in [2.05, 4.69) is 15.0 Å². The Labute approximate surface area is 369 Å². The normalized spacial score (nSPS) is 23.1. The molecule has 4 heterocycles. The van der Waals surface area contributed by atoms with Gasteiger partial charge in [-0.1, -0.05) is 46.8 Å². The van der Waals surface area contributed by atoms with Crippen LogP contribution in [0.2, 0.25) is 0 Å². The van der Waals surface area contributed by atoms with E-state index in [1.807, 2.05) is 33.8 Å². The van der Waals surface area contributed by atoms with Crippen LogP contribution in [0.25, 0.3) is 29.2 Å². The number of Topliss-reactive ketones (excluding diaryl/α,β-unsaturated/α-hetero) is 2. The van der Waals surface area contributed by atoms with Gasteiger partial charge in [0.15, 0.2) is 11.4 Å². The molecule has 10 unspecified atom stereocenters. The Morgan fingerprint density at radius 3 is 2.40 bits per heavy atom. The molecule has 1 aliphatic heterocycles. The molecule has 0 radical (unpaired) electrons. The number of carbonyl (C=O) groups is 5. The first kappa shape index (κ1) is 50.4. The van der Waals surface area contributed by atoms with E-state index in [-0.39, 0.29) is 85.5 Å². The molecule has 17 nitrogen and oxygen atoms in total. The lowest BCUT2D eigenvalue weighted by molar-refractivity contribution is -0.160. The van der Waals surface area contributed by atoms with Crippen molar-refractivity contribution in [2.45, 2.75) is 136 Å². The molecule has 0 saturated carbocycles. The molecule has 4 rings (SSSR count). The van der Waals surface area contributed by atoms with Crippen molar-refractivity contribution >= 4 is 36.0 Å². The fourth-order valence-corrected chi connectivity index (χ4v) is 7.64. The van der Waals surface area contributed by atoms with Crippen molar-refractivity contribution in [2.24, 2.45) is 23.7 Å². The van der Waals surface area contributed by atoms with Crippen molar-refractivity contribution in [3.05, 3.63) is 48.7 Å². The summed E-state index contributed by atoms with van der Waals surface area (Å²) in [6.45, 7) is 10.6. The van der Waals surface area contributed by atoms with Crippen molar-refractivity contribution in [3.63, 3.8) is 0 Å². The van der Waals surface area contributed by atoms with E-state index in [0.717, 1.165) is 0 Å². The van der Waals surface area contributed by atoms with E-state index >= 15 is 0 Å². The second-order valence-electron chi connectivity index (χ2n) is 16.7. The number of rotatable bonds is 15. The number of aromatic nitrogens is 3. The number of aliphatic hydroxyl groups excluding tert-OH is 1. The third-order valence-corrected chi connectivity index (χ3v) is 11.7. The van der Waals surface area contributed by atoms with E-state index < -0.39 is 48.4 Å². The molecule has 3 aromatic heterocycles. The van der Waals surface area contributed by atoms with Crippen LogP contribution < -0.4 is 0 Å². The number of esters is 2. The van der Waals surface area contributed by atoms with Crippen molar-refractivity contribution in [1.82, 2.24) is 19.9 Å². The van der Waals surface area contributed by atoms with E-state index in [9.17, 15) is 29.1 Å². The first-order valence-electron chi connectivity index (χ1n) is 21.6. The molecule has 346 valence electrons. The molecule has 1 amide bonds. The average molecular weight is 881 g/mol. The minimum Gasteiger partial charge on any atom is -0.462 e. The van der Waals surface area contributed by atoms with Crippen molar-refractivity contribution in [3.8, 4) is 23.2 Å². The summed E-state index contributed by atoms with van der Waals surface area (Å²) in [7, 11) is 4.72. The SMILES string of the molecule is COC(CC1OC(=O)CC(O)CCCC(=O)CC(C)c2coc(n2)-c2coc(n2)-c2coc(n2)C=CCC(OC)C1C)C(C)CCC(=O)C(C)C(OC(C)=O)C(C)C=CN(C)C=O. The second-order valence-corrected chi connectivity index (χ2v) is 16.7. The maximum Gasteiger partial charge on any atom is 0.308 e. The van der Waals surface area contributed by atoms with Gasteiger partial charge in [0.2, 0.25) is 24.1 Å². The molecular weight excluding hydrogens is 817 g/mol. The lowest BCUT2D eigenvalue weighted by atomic mass is 9.84. The zero-order valence-electron chi connectivity index (χ0n) is 37.9. The first-order valence-corrected chi connectivity index (χ1v) is 21.6. The smallest absolute Gasteiger partial charge is 0.308 e. The van der Waals surface area contributed by atoms with Gasteiger partial charge in [-0.25, -0.2) is 15.0 Å². The van der Waals surface area contributed by atoms with Gasteiger partial charge in [-0.05, 0) is 37.7 Å². The molecule has 3 aromatic rings. The summed E-state index contributed by atoms with van der Waals surface area (Å²) in [5, 5.41) is 10.9. The predicted molar refractivity (Wildman–Crippen MR) is 229 cm³/mol. The number of cyclic esters (lactones) is 1.